The fourth-order valence-electron chi connectivity index (χ4n) is 2.27. The molecular formula is C12H20N4O3S3. The van der Waals surface area contributed by atoms with E-state index in [1.807, 2.05) is 6.92 Å². The highest BCUT2D eigenvalue weighted by molar-refractivity contribution is 8.01. The summed E-state index contributed by atoms with van der Waals surface area (Å²) in [7, 11) is -3.14. The van der Waals surface area contributed by atoms with Gasteiger partial charge in [-0.3, -0.25) is 4.79 Å². The largest absolute Gasteiger partial charge is 0.355 e. The van der Waals surface area contributed by atoms with Crippen molar-refractivity contribution < 1.29 is 13.2 Å². The Morgan fingerprint density at radius 1 is 1.50 bits per heavy atom. The second kappa shape index (κ2) is 7.71. The summed E-state index contributed by atoms with van der Waals surface area (Å²) in [4.78, 5) is 11.8. The standard InChI is InChI=1S/C12H20N4O3S3/c1-9-14-15-12(21-9)20-8-11(17)13-6-10-4-3-5-16(7-10)22(2,18)19/h10H,3-8H2,1-2H3,(H,13,17)/t10-/m1/s1. The van der Waals surface area contributed by atoms with Crippen LogP contribution in [0.3, 0.4) is 0 Å². The van der Waals surface area contributed by atoms with Crippen LogP contribution in [0.5, 0.6) is 0 Å². The van der Waals surface area contributed by atoms with Crippen molar-refractivity contribution >= 4 is 39.0 Å². The highest BCUT2D eigenvalue weighted by Crippen LogP contribution is 2.21. The number of aromatic nitrogens is 2. The number of hydrogen-bond donors (Lipinski definition) is 1. The van der Waals surface area contributed by atoms with Crippen molar-refractivity contribution in [3.63, 3.8) is 0 Å². The van der Waals surface area contributed by atoms with Crippen LogP contribution in [0.1, 0.15) is 17.8 Å². The van der Waals surface area contributed by atoms with E-state index >= 15 is 0 Å². The van der Waals surface area contributed by atoms with E-state index in [-0.39, 0.29) is 11.8 Å². The van der Waals surface area contributed by atoms with Crippen molar-refractivity contribution in [2.45, 2.75) is 24.1 Å². The average Bonchev–Trinajstić information content (AvgIpc) is 2.88. The number of carbonyl (C=O) groups excluding carboxylic acids is 1. The summed E-state index contributed by atoms with van der Waals surface area (Å²) in [5.74, 6) is 0.424. The molecule has 1 atom stereocenters. The van der Waals surface area contributed by atoms with Gasteiger partial charge in [-0.05, 0) is 25.7 Å². The van der Waals surface area contributed by atoms with E-state index in [1.165, 1.54) is 33.7 Å². The normalized spacial score (nSPS) is 20.0. The maximum absolute atomic E-state index is 11.8. The van der Waals surface area contributed by atoms with Crippen LogP contribution < -0.4 is 5.32 Å². The van der Waals surface area contributed by atoms with E-state index in [0.29, 0.717) is 25.4 Å². The molecule has 0 unspecified atom stereocenters. The average molecular weight is 365 g/mol. The second-order valence-electron chi connectivity index (χ2n) is 5.31. The van der Waals surface area contributed by atoms with Crippen molar-refractivity contribution in [2.24, 2.45) is 5.92 Å². The molecule has 1 aliphatic rings. The summed E-state index contributed by atoms with van der Waals surface area (Å²) < 4.78 is 25.4. The number of amides is 1. The molecule has 2 rings (SSSR count). The lowest BCUT2D eigenvalue weighted by atomic mass is 10.00. The Kier molecular flexibility index (Phi) is 6.18. The predicted molar refractivity (Wildman–Crippen MR) is 87.5 cm³/mol. The topological polar surface area (TPSA) is 92.3 Å². The summed E-state index contributed by atoms with van der Waals surface area (Å²) in [5, 5.41) is 11.6. The molecule has 1 saturated heterocycles. The van der Waals surface area contributed by atoms with Gasteiger partial charge in [-0.15, -0.1) is 10.2 Å². The van der Waals surface area contributed by atoms with Crippen molar-refractivity contribution in [2.75, 3.05) is 31.6 Å². The van der Waals surface area contributed by atoms with E-state index in [9.17, 15) is 13.2 Å². The molecule has 1 fully saturated rings. The van der Waals surface area contributed by atoms with Gasteiger partial charge in [0.15, 0.2) is 4.34 Å². The lowest BCUT2D eigenvalue weighted by Gasteiger charge is -2.30. The summed E-state index contributed by atoms with van der Waals surface area (Å²) >= 11 is 2.83. The highest BCUT2D eigenvalue weighted by atomic mass is 32.2. The van der Waals surface area contributed by atoms with Crippen LogP contribution in [0, 0.1) is 12.8 Å². The molecule has 0 bridgehead atoms. The zero-order chi connectivity index (χ0) is 16.2. The number of piperidine rings is 1. The van der Waals surface area contributed by atoms with Gasteiger partial charge >= 0.3 is 0 Å². The van der Waals surface area contributed by atoms with Crippen LogP contribution in [0.15, 0.2) is 4.34 Å². The van der Waals surface area contributed by atoms with Gasteiger partial charge in [0.1, 0.15) is 5.01 Å². The number of nitrogens with zero attached hydrogens (tertiary/aromatic N) is 3. The number of hydrogen-bond acceptors (Lipinski definition) is 7. The molecule has 0 saturated carbocycles. The maximum atomic E-state index is 11.8. The minimum atomic E-state index is -3.14. The second-order valence-corrected chi connectivity index (χ2v) is 9.70. The smallest absolute Gasteiger partial charge is 0.230 e. The lowest BCUT2D eigenvalue weighted by molar-refractivity contribution is -0.118. The zero-order valence-electron chi connectivity index (χ0n) is 12.6. The number of sulfonamides is 1. The third-order valence-corrected chi connectivity index (χ3v) is 6.61. The fourth-order valence-corrected chi connectivity index (χ4v) is 4.86. The predicted octanol–water partition coefficient (Wildman–Crippen LogP) is 0.726. The molecule has 1 N–H and O–H groups in total. The first-order valence-electron chi connectivity index (χ1n) is 6.99. The van der Waals surface area contributed by atoms with Crippen LogP contribution >= 0.6 is 23.1 Å². The van der Waals surface area contributed by atoms with Gasteiger partial charge in [0, 0.05) is 19.6 Å². The molecule has 124 valence electrons. The van der Waals surface area contributed by atoms with Crippen molar-refractivity contribution in [1.29, 1.82) is 0 Å². The number of carbonyl (C=O) groups is 1. The quantitative estimate of drug-likeness (QED) is 0.748. The maximum Gasteiger partial charge on any atom is 0.230 e. The molecule has 0 aliphatic carbocycles. The van der Waals surface area contributed by atoms with E-state index in [1.54, 1.807) is 0 Å². The Hall–Kier alpha value is -0.710. The number of aryl methyl sites for hydroxylation is 1. The molecule has 0 radical (unpaired) electrons. The monoisotopic (exact) mass is 364 g/mol. The number of thioether (sulfide) groups is 1. The number of rotatable bonds is 6. The van der Waals surface area contributed by atoms with Crippen LogP contribution in [0.25, 0.3) is 0 Å². The third-order valence-electron chi connectivity index (χ3n) is 3.37. The van der Waals surface area contributed by atoms with Crippen molar-refractivity contribution in [3.8, 4) is 0 Å². The summed E-state index contributed by atoms with van der Waals surface area (Å²) in [6.45, 7) is 3.45. The van der Waals surface area contributed by atoms with Crippen LogP contribution in [-0.2, 0) is 14.8 Å². The first-order chi connectivity index (χ1) is 10.3. The highest BCUT2D eigenvalue weighted by Gasteiger charge is 2.25. The van der Waals surface area contributed by atoms with Gasteiger partial charge in [0.25, 0.3) is 0 Å². The number of nitrogens with one attached hydrogen (secondary N) is 1. The Morgan fingerprint density at radius 2 is 2.27 bits per heavy atom. The van der Waals surface area contributed by atoms with E-state index in [4.69, 9.17) is 0 Å². The Morgan fingerprint density at radius 3 is 2.91 bits per heavy atom. The molecule has 1 aromatic rings. The Balaban J connectivity index is 1.71. The van der Waals surface area contributed by atoms with E-state index in [2.05, 4.69) is 15.5 Å². The summed E-state index contributed by atoms with van der Waals surface area (Å²) in [6.07, 6.45) is 3.01. The van der Waals surface area contributed by atoms with Gasteiger partial charge in [0.05, 0.1) is 12.0 Å². The SMILES string of the molecule is Cc1nnc(SCC(=O)NC[C@H]2CCCN(S(C)(=O)=O)C2)s1. The van der Waals surface area contributed by atoms with Gasteiger partial charge in [-0.25, -0.2) is 12.7 Å². The van der Waals surface area contributed by atoms with Gasteiger partial charge in [-0.1, -0.05) is 23.1 Å². The van der Waals surface area contributed by atoms with Crippen molar-refractivity contribution in [1.82, 2.24) is 19.8 Å². The zero-order valence-corrected chi connectivity index (χ0v) is 15.1. The minimum absolute atomic E-state index is 0.0608. The molecule has 0 aromatic carbocycles. The van der Waals surface area contributed by atoms with E-state index < -0.39 is 10.0 Å². The minimum Gasteiger partial charge on any atom is -0.355 e. The van der Waals surface area contributed by atoms with Gasteiger partial charge < -0.3 is 5.32 Å². The molecule has 22 heavy (non-hydrogen) atoms. The molecule has 2 heterocycles. The molecule has 7 nitrogen and oxygen atoms in total. The van der Waals surface area contributed by atoms with Crippen LogP contribution in [-0.4, -0.2) is 60.5 Å². The van der Waals surface area contributed by atoms with Crippen LogP contribution in [0.2, 0.25) is 0 Å². The Labute approximate surface area is 138 Å². The summed E-state index contributed by atoms with van der Waals surface area (Å²) in [5.41, 5.74) is 0. The molecule has 1 aliphatic heterocycles. The fraction of sp³-hybridized carbons (Fsp3) is 0.750. The molecule has 10 heteroatoms. The molecule has 1 aromatic heterocycles. The molecule has 1 amide bonds. The van der Waals surface area contributed by atoms with Crippen molar-refractivity contribution in [3.05, 3.63) is 5.01 Å². The Bertz CT molecular complexity index is 617. The molecular weight excluding hydrogens is 344 g/mol. The third kappa shape index (κ3) is 5.49. The summed E-state index contributed by atoms with van der Waals surface area (Å²) in [6, 6.07) is 0. The van der Waals surface area contributed by atoms with E-state index in [0.717, 1.165) is 22.2 Å². The lowest BCUT2D eigenvalue weighted by Crippen LogP contribution is -2.43. The van der Waals surface area contributed by atoms with Crippen LogP contribution in [0.4, 0.5) is 0 Å². The first kappa shape index (κ1) is 17.6. The van der Waals surface area contributed by atoms with Gasteiger partial charge in [-0.2, -0.15) is 0 Å². The first-order valence-corrected chi connectivity index (χ1v) is 10.6. The van der Waals surface area contributed by atoms with Gasteiger partial charge in [0.2, 0.25) is 15.9 Å². The molecule has 0 spiro atoms.